The third-order valence-corrected chi connectivity index (χ3v) is 2.86. The van der Waals surface area contributed by atoms with E-state index in [0.717, 1.165) is 38.5 Å². The molecule has 1 rings (SSSR count). The summed E-state index contributed by atoms with van der Waals surface area (Å²) in [6, 6.07) is 0. The Bertz CT molecular complexity index is 129. The molecule has 0 radical (unpaired) electrons. The van der Waals surface area contributed by atoms with Gasteiger partial charge in [0.25, 0.3) is 0 Å². The van der Waals surface area contributed by atoms with Gasteiger partial charge in [0.15, 0.2) is 0 Å². The van der Waals surface area contributed by atoms with Gasteiger partial charge in [-0.1, -0.05) is 6.92 Å². The Kier molecular flexibility index (Phi) is 6.12. The van der Waals surface area contributed by atoms with Gasteiger partial charge in [0.1, 0.15) is 6.67 Å². The van der Waals surface area contributed by atoms with Crippen molar-refractivity contribution in [3.8, 4) is 0 Å². The van der Waals surface area contributed by atoms with E-state index in [0.29, 0.717) is 6.54 Å². The van der Waals surface area contributed by atoms with Gasteiger partial charge < -0.3 is 10.2 Å². The average molecular weight is 202 g/mol. The van der Waals surface area contributed by atoms with Crippen LogP contribution in [0, 0.1) is 5.92 Å². The van der Waals surface area contributed by atoms with Gasteiger partial charge in [-0.25, -0.2) is 4.39 Å². The molecule has 14 heavy (non-hydrogen) atoms. The minimum atomic E-state index is -0.208. The van der Waals surface area contributed by atoms with Crippen molar-refractivity contribution in [2.24, 2.45) is 5.92 Å². The monoisotopic (exact) mass is 202 g/mol. The summed E-state index contributed by atoms with van der Waals surface area (Å²) in [6.45, 7) is 6.96. The first-order valence-electron chi connectivity index (χ1n) is 5.85. The molecule has 1 atom stereocenters. The molecule has 1 aliphatic rings. The Morgan fingerprint density at radius 1 is 1.43 bits per heavy atom. The van der Waals surface area contributed by atoms with Crippen LogP contribution in [0.25, 0.3) is 0 Å². The molecule has 0 aromatic carbocycles. The van der Waals surface area contributed by atoms with Gasteiger partial charge in [-0.15, -0.1) is 0 Å². The Morgan fingerprint density at radius 3 is 2.86 bits per heavy atom. The number of halogens is 1. The molecule has 3 heteroatoms. The summed E-state index contributed by atoms with van der Waals surface area (Å²) in [7, 11) is 0. The number of piperidine rings is 1. The van der Waals surface area contributed by atoms with E-state index in [4.69, 9.17) is 0 Å². The number of rotatable bonds is 6. The number of nitrogens with zero attached hydrogens (tertiary/aromatic N) is 1. The van der Waals surface area contributed by atoms with Gasteiger partial charge in [0, 0.05) is 13.1 Å². The zero-order valence-corrected chi connectivity index (χ0v) is 9.27. The van der Waals surface area contributed by atoms with E-state index in [9.17, 15) is 4.39 Å². The van der Waals surface area contributed by atoms with E-state index in [-0.39, 0.29) is 6.67 Å². The van der Waals surface area contributed by atoms with Gasteiger partial charge >= 0.3 is 0 Å². The van der Waals surface area contributed by atoms with Crippen molar-refractivity contribution in [2.75, 3.05) is 39.4 Å². The fraction of sp³-hybridized carbons (Fsp3) is 1.00. The maximum absolute atomic E-state index is 12.3. The summed E-state index contributed by atoms with van der Waals surface area (Å²) >= 11 is 0. The Balaban J connectivity index is 2.21. The lowest BCUT2D eigenvalue weighted by Gasteiger charge is -2.29. The summed E-state index contributed by atoms with van der Waals surface area (Å²) in [5.41, 5.74) is 0. The predicted octanol–water partition coefficient (Wildman–Crippen LogP) is 1.67. The van der Waals surface area contributed by atoms with E-state index in [1.165, 1.54) is 12.8 Å². The topological polar surface area (TPSA) is 15.3 Å². The lowest BCUT2D eigenvalue weighted by atomic mass is 9.99. The minimum absolute atomic E-state index is 0.208. The molecule has 1 heterocycles. The third-order valence-electron chi connectivity index (χ3n) is 2.86. The zero-order chi connectivity index (χ0) is 10.2. The van der Waals surface area contributed by atoms with Crippen LogP contribution in [0.1, 0.15) is 26.2 Å². The molecule has 84 valence electrons. The highest BCUT2D eigenvalue weighted by Gasteiger charge is 2.16. The van der Waals surface area contributed by atoms with E-state index in [2.05, 4.69) is 17.1 Å². The van der Waals surface area contributed by atoms with Crippen molar-refractivity contribution in [1.82, 2.24) is 10.2 Å². The first kappa shape index (κ1) is 11.9. The summed E-state index contributed by atoms with van der Waals surface area (Å²) in [4.78, 5) is 2.26. The molecule has 0 saturated carbocycles. The maximum Gasteiger partial charge on any atom is 0.102 e. The molecule has 0 aromatic rings. The molecular formula is C11H23FN2. The van der Waals surface area contributed by atoms with Crippen molar-refractivity contribution in [3.05, 3.63) is 0 Å². The van der Waals surface area contributed by atoms with Crippen LogP contribution < -0.4 is 5.32 Å². The van der Waals surface area contributed by atoms with Crippen molar-refractivity contribution in [3.63, 3.8) is 0 Å². The van der Waals surface area contributed by atoms with Crippen LogP contribution in [0.4, 0.5) is 4.39 Å². The molecule has 1 N–H and O–H groups in total. The Morgan fingerprint density at radius 2 is 2.29 bits per heavy atom. The van der Waals surface area contributed by atoms with E-state index in [1.54, 1.807) is 0 Å². The molecule has 0 bridgehead atoms. The molecule has 1 unspecified atom stereocenters. The fourth-order valence-electron chi connectivity index (χ4n) is 2.18. The summed E-state index contributed by atoms with van der Waals surface area (Å²) in [5, 5.41) is 3.40. The van der Waals surface area contributed by atoms with Crippen LogP contribution in [0.15, 0.2) is 0 Å². The number of hydrogen-bond acceptors (Lipinski definition) is 2. The second kappa shape index (κ2) is 7.18. The van der Waals surface area contributed by atoms with Crippen molar-refractivity contribution in [2.45, 2.75) is 26.2 Å². The highest BCUT2D eigenvalue weighted by Crippen LogP contribution is 2.11. The first-order chi connectivity index (χ1) is 6.86. The smallest absolute Gasteiger partial charge is 0.102 e. The van der Waals surface area contributed by atoms with Crippen LogP contribution in [0.2, 0.25) is 0 Å². The summed E-state index contributed by atoms with van der Waals surface area (Å²) in [5.74, 6) is 0.738. The van der Waals surface area contributed by atoms with Gasteiger partial charge in [-0.3, -0.25) is 0 Å². The van der Waals surface area contributed by atoms with Gasteiger partial charge in [-0.05, 0) is 44.8 Å². The zero-order valence-electron chi connectivity index (χ0n) is 9.27. The van der Waals surface area contributed by atoms with Gasteiger partial charge in [0.05, 0.1) is 0 Å². The van der Waals surface area contributed by atoms with E-state index < -0.39 is 0 Å². The SMILES string of the molecule is CCCN(CCF)CC1CCCNC1. The largest absolute Gasteiger partial charge is 0.316 e. The van der Waals surface area contributed by atoms with Crippen LogP contribution in [-0.2, 0) is 0 Å². The molecule has 2 nitrogen and oxygen atoms in total. The van der Waals surface area contributed by atoms with Crippen molar-refractivity contribution < 1.29 is 4.39 Å². The molecule has 0 amide bonds. The normalized spacial score (nSPS) is 22.9. The average Bonchev–Trinajstić information content (AvgIpc) is 2.20. The quantitative estimate of drug-likeness (QED) is 0.705. The van der Waals surface area contributed by atoms with Crippen LogP contribution in [0.3, 0.4) is 0 Å². The van der Waals surface area contributed by atoms with Crippen molar-refractivity contribution >= 4 is 0 Å². The molecule has 0 aromatic heterocycles. The fourth-order valence-corrected chi connectivity index (χ4v) is 2.18. The van der Waals surface area contributed by atoms with E-state index in [1.807, 2.05) is 0 Å². The molecule has 1 aliphatic heterocycles. The second-order valence-electron chi connectivity index (χ2n) is 4.20. The first-order valence-corrected chi connectivity index (χ1v) is 5.85. The van der Waals surface area contributed by atoms with Crippen LogP contribution >= 0.6 is 0 Å². The molecular weight excluding hydrogens is 179 g/mol. The second-order valence-corrected chi connectivity index (χ2v) is 4.20. The molecule has 1 fully saturated rings. The standard InChI is InChI=1S/C11H23FN2/c1-2-7-14(8-5-12)10-11-4-3-6-13-9-11/h11,13H,2-10H2,1H3. The molecule has 0 aliphatic carbocycles. The maximum atomic E-state index is 12.3. The van der Waals surface area contributed by atoms with Crippen molar-refractivity contribution in [1.29, 1.82) is 0 Å². The van der Waals surface area contributed by atoms with Crippen LogP contribution in [-0.4, -0.2) is 44.3 Å². The molecule has 1 saturated heterocycles. The Labute approximate surface area is 86.9 Å². The Hall–Kier alpha value is -0.150. The highest BCUT2D eigenvalue weighted by molar-refractivity contribution is 4.72. The van der Waals surface area contributed by atoms with E-state index >= 15 is 0 Å². The predicted molar refractivity (Wildman–Crippen MR) is 58.3 cm³/mol. The number of hydrogen-bond donors (Lipinski definition) is 1. The van der Waals surface area contributed by atoms with Gasteiger partial charge in [0.2, 0.25) is 0 Å². The lowest BCUT2D eigenvalue weighted by molar-refractivity contribution is 0.195. The summed E-state index contributed by atoms with van der Waals surface area (Å²) in [6.07, 6.45) is 3.71. The molecule has 0 spiro atoms. The van der Waals surface area contributed by atoms with Crippen LogP contribution in [0.5, 0.6) is 0 Å². The number of nitrogens with one attached hydrogen (secondary N) is 1. The third kappa shape index (κ3) is 4.38. The summed E-state index contributed by atoms with van der Waals surface area (Å²) < 4.78 is 12.3. The minimum Gasteiger partial charge on any atom is -0.316 e. The lowest BCUT2D eigenvalue weighted by Crippen LogP contribution is -2.39. The highest BCUT2D eigenvalue weighted by atomic mass is 19.1. The van der Waals surface area contributed by atoms with Gasteiger partial charge in [-0.2, -0.15) is 0 Å². The number of alkyl halides is 1.